The Labute approximate surface area is 51.2 Å². The molecule has 0 aliphatic heterocycles. The van der Waals surface area contributed by atoms with E-state index in [2.05, 4.69) is 8.85 Å². The van der Waals surface area contributed by atoms with Crippen LogP contribution in [0.25, 0.3) is 0 Å². The molecule has 0 spiro atoms. The van der Waals surface area contributed by atoms with Crippen LogP contribution in [-0.2, 0) is 0 Å². The summed E-state index contributed by atoms with van der Waals surface area (Å²) < 4.78 is 2.85. The maximum Gasteiger partial charge on any atom is 0.0554 e. The molecule has 0 fully saturated rings. The van der Waals surface area contributed by atoms with Gasteiger partial charge < -0.3 is 5.73 Å². The monoisotopic (exact) mass is 201 g/mol. The zero-order valence-corrected chi connectivity index (χ0v) is 5.53. The predicted octanol–water partition coefficient (Wildman–Crippen LogP) is -0.611. The summed E-state index contributed by atoms with van der Waals surface area (Å²) in [5.74, 6) is 0. The second-order valence-corrected chi connectivity index (χ2v) is 1.53. The molecule has 4 N–H and O–H groups in total. The molecule has 0 aliphatic carbocycles. The number of nitrogens with one attached hydrogen (secondary N) is 2. The molecule has 0 rings (SSSR count). The fourth-order valence-corrected chi connectivity index (χ4v) is 0.389. The van der Waals surface area contributed by atoms with Crippen molar-refractivity contribution in [1.82, 2.24) is 8.85 Å². The van der Waals surface area contributed by atoms with Gasteiger partial charge in [-0.2, -0.15) is 0 Å². The number of hydrogen-bond acceptors (Lipinski definition) is 3. The fourth-order valence-electron chi connectivity index (χ4n) is 0.119. The van der Waals surface area contributed by atoms with E-state index >= 15 is 0 Å². The van der Waals surface area contributed by atoms with Gasteiger partial charge in [0, 0.05) is 29.5 Å². The van der Waals surface area contributed by atoms with Crippen LogP contribution < -0.4 is 14.6 Å². The molecule has 3 nitrogen and oxygen atoms in total. The fraction of sp³-hybridized carbons (Fsp3) is 1.00. The van der Waals surface area contributed by atoms with Crippen molar-refractivity contribution in [1.29, 1.82) is 0 Å². The van der Waals surface area contributed by atoms with Gasteiger partial charge in [0.15, 0.2) is 0 Å². The smallest absolute Gasteiger partial charge is 0.0554 e. The summed E-state index contributed by atoms with van der Waals surface area (Å²) in [6, 6.07) is 0. The molecule has 38 valence electrons. The lowest BCUT2D eigenvalue weighted by Crippen LogP contribution is -2.28. The standard InChI is InChI=1S/C2H8IN3/c3-6-2-5-1-4/h5-6H,1-2,4H2. The molecule has 0 aliphatic rings. The summed E-state index contributed by atoms with van der Waals surface area (Å²) in [6.07, 6.45) is 0. The van der Waals surface area contributed by atoms with Crippen molar-refractivity contribution in [2.45, 2.75) is 0 Å². The lowest BCUT2D eigenvalue weighted by molar-refractivity contribution is 0.708. The van der Waals surface area contributed by atoms with E-state index in [-0.39, 0.29) is 0 Å². The van der Waals surface area contributed by atoms with Crippen molar-refractivity contribution in [3.63, 3.8) is 0 Å². The lowest BCUT2D eigenvalue weighted by atomic mass is 11.0. The Bertz CT molecular complexity index is 20.8. The number of rotatable bonds is 3. The van der Waals surface area contributed by atoms with E-state index in [9.17, 15) is 0 Å². The second kappa shape index (κ2) is 5.61. The highest BCUT2D eigenvalue weighted by atomic mass is 127. The minimum absolute atomic E-state index is 0.538. The third-order valence-electron chi connectivity index (χ3n) is 0.336. The first-order valence-corrected chi connectivity index (χ1v) is 2.74. The van der Waals surface area contributed by atoms with Crippen LogP contribution in [0.5, 0.6) is 0 Å². The Morgan fingerprint density at radius 3 is 2.50 bits per heavy atom. The molecule has 0 bridgehead atoms. The van der Waals surface area contributed by atoms with Gasteiger partial charge in [-0.3, -0.25) is 5.32 Å². The van der Waals surface area contributed by atoms with Gasteiger partial charge in [0.25, 0.3) is 0 Å². The third-order valence-corrected chi connectivity index (χ3v) is 0.718. The molecule has 0 amide bonds. The first-order chi connectivity index (χ1) is 2.91. The quantitative estimate of drug-likeness (QED) is 0.247. The summed E-state index contributed by atoms with van der Waals surface area (Å²) >= 11 is 2.04. The average molecular weight is 201 g/mol. The molecule has 0 aromatic carbocycles. The number of halogens is 1. The van der Waals surface area contributed by atoms with E-state index < -0.39 is 0 Å². The van der Waals surface area contributed by atoms with Crippen molar-refractivity contribution < 1.29 is 0 Å². The third kappa shape index (κ3) is 4.61. The van der Waals surface area contributed by atoms with Gasteiger partial charge >= 0.3 is 0 Å². The van der Waals surface area contributed by atoms with Crippen LogP contribution >= 0.6 is 22.9 Å². The first-order valence-electron chi connectivity index (χ1n) is 1.66. The lowest BCUT2D eigenvalue weighted by Gasteiger charge is -1.92. The van der Waals surface area contributed by atoms with E-state index in [4.69, 9.17) is 5.73 Å². The topological polar surface area (TPSA) is 50.1 Å². The molecule has 0 aromatic rings. The van der Waals surface area contributed by atoms with Gasteiger partial charge in [0.1, 0.15) is 0 Å². The van der Waals surface area contributed by atoms with Gasteiger partial charge in [-0.25, -0.2) is 3.53 Å². The van der Waals surface area contributed by atoms with E-state index in [1.807, 2.05) is 22.9 Å². The maximum absolute atomic E-state index is 5.06. The van der Waals surface area contributed by atoms with Crippen molar-refractivity contribution >= 4 is 22.9 Å². The van der Waals surface area contributed by atoms with E-state index in [0.717, 1.165) is 6.67 Å². The molecule has 6 heavy (non-hydrogen) atoms. The highest BCUT2D eigenvalue weighted by Crippen LogP contribution is 1.59. The van der Waals surface area contributed by atoms with Crippen LogP contribution in [0.15, 0.2) is 0 Å². The van der Waals surface area contributed by atoms with Gasteiger partial charge in [0.05, 0.1) is 6.67 Å². The van der Waals surface area contributed by atoms with Crippen LogP contribution in [0, 0.1) is 0 Å². The number of nitrogens with two attached hydrogens (primary N) is 1. The molecule has 0 unspecified atom stereocenters. The Balaban J connectivity index is 2.34. The summed E-state index contributed by atoms with van der Waals surface area (Å²) in [7, 11) is 0. The van der Waals surface area contributed by atoms with Crippen LogP contribution in [0.4, 0.5) is 0 Å². The zero-order valence-electron chi connectivity index (χ0n) is 3.37. The molecule has 0 atom stereocenters. The van der Waals surface area contributed by atoms with E-state index in [1.54, 1.807) is 0 Å². The van der Waals surface area contributed by atoms with Crippen molar-refractivity contribution in [3.8, 4) is 0 Å². The van der Waals surface area contributed by atoms with Crippen molar-refractivity contribution in [3.05, 3.63) is 0 Å². The van der Waals surface area contributed by atoms with Crippen LogP contribution in [0.1, 0.15) is 0 Å². The molecule has 0 aromatic heterocycles. The highest BCUT2D eigenvalue weighted by molar-refractivity contribution is 14.1. The molecule has 0 heterocycles. The Kier molecular flexibility index (Phi) is 6.18. The van der Waals surface area contributed by atoms with Crippen LogP contribution in [0.2, 0.25) is 0 Å². The molecule has 0 radical (unpaired) electrons. The SMILES string of the molecule is NCNCNI. The van der Waals surface area contributed by atoms with Gasteiger partial charge in [-0.1, -0.05) is 0 Å². The summed E-state index contributed by atoms with van der Waals surface area (Å²) in [5.41, 5.74) is 5.06. The predicted molar refractivity (Wildman–Crippen MR) is 34.2 cm³/mol. The summed E-state index contributed by atoms with van der Waals surface area (Å²) in [4.78, 5) is 0. The Morgan fingerprint density at radius 1 is 1.67 bits per heavy atom. The normalized spacial score (nSPS) is 9.00. The first kappa shape index (κ1) is 6.61. The minimum atomic E-state index is 0.538. The average Bonchev–Trinajstić information content (AvgIpc) is 1.61. The molecule has 0 saturated carbocycles. The van der Waals surface area contributed by atoms with Crippen LogP contribution in [-0.4, -0.2) is 13.3 Å². The Morgan fingerprint density at radius 2 is 2.33 bits per heavy atom. The van der Waals surface area contributed by atoms with Gasteiger partial charge in [-0.15, -0.1) is 0 Å². The second-order valence-electron chi connectivity index (χ2n) is 0.765. The van der Waals surface area contributed by atoms with E-state index in [1.165, 1.54) is 0 Å². The van der Waals surface area contributed by atoms with Gasteiger partial charge in [-0.05, 0) is 0 Å². The van der Waals surface area contributed by atoms with Crippen molar-refractivity contribution in [2.75, 3.05) is 13.3 Å². The minimum Gasteiger partial charge on any atom is -0.318 e. The molecule has 4 heteroatoms. The Hall–Kier alpha value is 0.610. The van der Waals surface area contributed by atoms with Crippen LogP contribution in [0.3, 0.4) is 0 Å². The largest absolute Gasteiger partial charge is 0.318 e. The zero-order chi connectivity index (χ0) is 4.83. The maximum atomic E-state index is 5.06. The molecule has 0 saturated heterocycles. The number of hydrogen-bond donors (Lipinski definition) is 3. The van der Waals surface area contributed by atoms with Crippen molar-refractivity contribution in [2.24, 2.45) is 5.73 Å². The highest BCUT2D eigenvalue weighted by Gasteiger charge is 1.70. The summed E-state index contributed by atoms with van der Waals surface area (Å²) in [5, 5.41) is 2.86. The molecular weight excluding hydrogens is 193 g/mol. The van der Waals surface area contributed by atoms with E-state index in [0.29, 0.717) is 6.67 Å². The molecular formula is C2H8IN3. The van der Waals surface area contributed by atoms with Gasteiger partial charge in [0.2, 0.25) is 0 Å². The summed E-state index contributed by atoms with van der Waals surface area (Å²) in [6.45, 7) is 1.31.